The summed E-state index contributed by atoms with van der Waals surface area (Å²) in [5.74, 6) is 1.38. The van der Waals surface area contributed by atoms with Crippen LogP contribution < -0.4 is 10.6 Å². The summed E-state index contributed by atoms with van der Waals surface area (Å²) in [6, 6.07) is 3.86. The standard InChI is InChI=1S/C20H25N7O3/c1-20(4-6-29-7-5-20)25-19(28)30-15-3-2-13(8-15)16-9-17(27-26-16)24-18-12-22-14(10-21)11-23-18/h9,11-13,15H,2-8H2,1H3,(H,25,28)(H2,23,24,26,27). The third-order valence-corrected chi connectivity index (χ3v) is 5.72. The van der Waals surface area contributed by atoms with Crippen LogP contribution >= 0.6 is 0 Å². The monoisotopic (exact) mass is 411 g/mol. The normalized spacial score (nSPS) is 22.8. The smallest absolute Gasteiger partial charge is 0.407 e. The number of aromatic amines is 1. The van der Waals surface area contributed by atoms with Crippen LogP contribution in [0, 0.1) is 11.3 Å². The van der Waals surface area contributed by atoms with Crippen molar-refractivity contribution in [2.75, 3.05) is 18.5 Å². The second kappa shape index (κ2) is 8.67. The average molecular weight is 411 g/mol. The van der Waals surface area contributed by atoms with Gasteiger partial charge in [-0.3, -0.25) is 5.10 Å². The van der Waals surface area contributed by atoms with E-state index in [1.54, 1.807) is 0 Å². The van der Waals surface area contributed by atoms with Crippen LogP contribution in [-0.4, -0.2) is 51.1 Å². The molecule has 3 N–H and O–H groups in total. The van der Waals surface area contributed by atoms with Gasteiger partial charge in [-0.2, -0.15) is 10.4 Å². The second-order valence-corrected chi connectivity index (χ2v) is 8.07. The highest BCUT2D eigenvalue weighted by atomic mass is 16.6. The lowest BCUT2D eigenvalue weighted by molar-refractivity contribution is 0.0362. The van der Waals surface area contributed by atoms with Crippen LogP contribution in [0.2, 0.25) is 0 Å². The van der Waals surface area contributed by atoms with Crippen LogP contribution in [0.1, 0.15) is 56.3 Å². The summed E-state index contributed by atoms with van der Waals surface area (Å²) in [5.41, 5.74) is 0.989. The number of aromatic nitrogens is 4. The van der Waals surface area contributed by atoms with Crippen molar-refractivity contribution in [3.8, 4) is 6.07 Å². The Hall–Kier alpha value is -3.19. The zero-order valence-corrected chi connectivity index (χ0v) is 16.9. The number of rotatable bonds is 5. The summed E-state index contributed by atoms with van der Waals surface area (Å²) in [7, 11) is 0. The maximum atomic E-state index is 12.3. The molecule has 0 aromatic carbocycles. The molecule has 2 aromatic rings. The number of hydrogen-bond acceptors (Lipinski definition) is 8. The molecular formula is C20H25N7O3. The summed E-state index contributed by atoms with van der Waals surface area (Å²) < 4.78 is 11.0. The number of hydrogen-bond donors (Lipinski definition) is 3. The van der Waals surface area contributed by atoms with E-state index in [4.69, 9.17) is 14.7 Å². The molecule has 10 nitrogen and oxygen atoms in total. The lowest BCUT2D eigenvalue weighted by Gasteiger charge is -2.34. The molecule has 2 aromatic heterocycles. The lowest BCUT2D eigenvalue weighted by atomic mass is 9.93. The van der Waals surface area contributed by atoms with Crippen molar-refractivity contribution in [1.82, 2.24) is 25.5 Å². The maximum absolute atomic E-state index is 12.3. The van der Waals surface area contributed by atoms with E-state index in [0.717, 1.165) is 37.8 Å². The molecule has 3 heterocycles. The third kappa shape index (κ3) is 4.86. The van der Waals surface area contributed by atoms with E-state index < -0.39 is 0 Å². The van der Waals surface area contributed by atoms with Gasteiger partial charge < -0.3 is 20.1 Å². The number of ether oxygens (including phenoxy) is 2. The number of nitrogens with zero attached hydrogens (tertiary/aromatic N) is 4. The van der Waals surface area contributed by atoms with E-state index >= 15 is 0 Å². The quantitative estimate of drug-likeness (QED) is 0.683. The fourth-order valence-electron chi connectivity index (χ4n) is 3.90. The van der Waals surface area contributed by atoms with Crippen LogP contribution in [0.5, 0.6) is 0 Å². The van der Waals surface area contributed by atoms with Crippen LogP contribution in [0.4, 0.5) is 16.4 Å². The molecule has 2 atom stereocenters. The molecule has 2 unspecified atom stereocenters. The minimum atomic E-state index is -0.351. The topological polar surface area (TPSA) is 138 Å². The highest BCUT2D eigenvalue weighted by Crippen LogP contribution is 2.36. The van der Waals surface area contributed by atoms with E-state index in [1.807, 2.05) is 19.1 Å². The van der Waals surface area contributed by atoms with Crippen molar-refractivity contribution in [2.45, 2.75) is 56.6 Å². The SMILES string of the molecule is CC1(NC(=O)OC2CCC(c3cc(Nc4cnc(C#N)cn4)n[nH]3)C2)CCOCC1. The lowest BCUT2D eigenvalue weighted by Crippen LogP contribution is -2.50. The number of nitriles is 1. The van der Waals surface area contributed by atoms with Crippen molar-refractivity contribution in [2.24, 2.45) is 0 Å². The summed E-state index contributed by atoms with van der Waals surface area (Å²) in [6.45, 7) is 3.35. The number of nitrogens with one attached hydrogen (secondary N) is 3. The molecule has 1 saturated carbocycles. The molecule has 0 radical (unpaired) electrons. The first-order valence-corrected chi connectivity index (χ1v) is 10.1. The molecule has 4 rings (SSSR count). The number of H-pyrrole nitrogens is 1. The summed E-state index contributed by atoms with van der Waals surface area (Å²) in [4.78, 5) is 20.4. The number of anilines is 2. The first-order chi connectivity index (χ1) is 14.5. The molecule has 30 heavy (non-hydrogen) atoms. The number of alkyl carbamates (subject to hydrolysis) is 1. The van der Waals surface area contributed by atoms with Crippen molar-refractivity contribution in [1.29, 1.82) is 5.26 Å². The van der Waals surface area contributed by atoms with Gasteiger partial charge in [0.05, 0.1) is 12.4 Å². The molecule has 0 spiro atoms. The second-order valence-electron chi connectivity index (χ2n) is 8.07. The van der Waals surface area contributed by atoms with Crippen molar-refractivity contribution in [3.63, 3.8) is 0 Å². The first kappa shape index (κ1) is 20.1. The molecule has 0 bridgehead atoms. The summed E-state index contributed by atoms with van der Waals surface area (Å²) >= 11 is 0. The Labute approximate surface area is 174 Å². The Bertz CT molecular complexity index is 915. The Kier molecular flexibility index (Phi) is 5.81. The Balaban J connectivity index is 1.28. The predicted molar refractivity (Wildman–Crippen MR) is 107 cm³/mol. The van der Waals surface area contributed by atoms with Gasteiger partial charge in [0.25, 0.3) is 0 Å². The van der Waals surface area contributed by atoms with Gasteiger partial charge >= 0.3 is 6.09 Å². The van der Waals surface area contributed by atoms with Crippen molar-refractivity contribution < 1.29 is 14.3 Å². The zero-order valence-electron chi connectivity index (χ0n) is 16.9. The highest BCUT2D eigenvalue weighted by Gasteiger charge is 2.33. The molecule has 1 saturated heterocycles. The van der Waals surface area contributed by atoms with Gasteiger partial charge in [-0.25, -0.2) is 14.8 Å². The molecule has 2 fully saturated rings. The highest BCUT2D eigenvalue weighted by molar-refractivity contribution is 5.68. The van der Waals surface area contributed by atoms with Gasteiger partial charge in [-0.05, 0) is 39.0 Å². The van der Waals surface area contributed by atoms with Gasteiger partial charge in [-0.15, -0.1) is 0 Å². The van der Waals surface area contributed by atoms with E-state index in [9.17, 15) is 4.79 Å². The first-order valence-electron chi connectivity index (χ1n) is 10.1. The van der Waals surface area contributed by atoms with Crippen LogP contribution in [0.25, 0.3) is 0 Å². The molecule has 158 valence electrons. The number of carbonyl (C=O) groups excluding carboxylic acids is 1. The fourth-order valence-corrected chi connectivity index (χ4v) is 3.90. The maximum Gasteiger partial charge on any atom is 0.407 e. The van der Waals surface area contributed by atoms with E-state index in [2.05, 4.69) is 30.8 Å². The van der Waals surface area contributed by atoms with Gasteiger partial charge in [0.2, 0.25) is 0 Å². The van der Waals surface area contributed by atoms with Gasteiger partial charge in [-0.1, -0.05) is 0 Å². The minimum absolute atomic E-state index is 0.109. The molecule has 1 amide bonds. The van der Waals surface area contributed by atoms with E-state index in [0.29, 0.717) is 24.8 Å². The van der Waals surface area contributed by atoms with E-state index in [-0.39, 0.29) is 29.3 Å². The number of carbonyl (C=O) groups is 1. The van der Waals surface area contributed by atoms with Crippen molar-refractivity contribution in [3.05, 3.63) is 29.8 Å². The third-order valence-electron chi connectivity index (χ3n) is 5.72. The van der Waals surface area contributed by atoms with E-state index in [1.165, 1.54) is 12.4 Å². The van der Waals surface area contributed by atoms with Crippen LogP contribution in [0.15, 0.2) is 18.5 Å². The fraction of sp³-hybridized carbons (Fsp3) is 0.550. The van der Waals surface area contributed by atoms with Gasteiger partial charge in [0.15, 0.2) is 11.5 Å². The molecule has 1 aliphatic carbocycles. The van der Waals surface area contributed by atoms with Crippen LogP contribution in [-0.2, 0) is 9.47 Å². The zero-order chi connectivity index (χ0) is 21.0. The van der Waals surface area contributed by atoms with Crippen LogP contribution in [0.3, 0.4) is 0 Å². The summed E-state index contributed by atoms with van der Waals surface area (Å²) in [6.07, 6.45) is 6.52. The van der Waals surface area contributed by atoms with Gasteiger partial charge in [0.1, 0.15) is 18.0 Å². The largest absolute Gasteiger partial charge is 0.446 e. The number of amides is 1. The molecular weight excluding hydrogens is 386 g/mol. The Morgan fingerprint density at radius 1 is 1.30 bits per heavy atom. The molecule has 1 aliphatic heterocycles. The summed E-state index contributed by atoms with van der Waals surface area (Å²) in [5, 5.41) is 22.2. The average Bonchev–Trinajstić information content (AvgIpc) is 3.38. The Morgan fingerprint density at radius 2 is 2.13 bits per heavy atom. The minimum Gasteiger partial charge on any atom is -0.446 e. The molecule has 10 heteroatoms. The van der Waals surface area contributed by atoms with Gasteiger partial charge in [0, 0.05) is 36.4 Å². The van der Waals surface area contributed by atoms with Crippen molar-refractivity contribution >= 4 is 17.7 Å². The Morgan fingerprint density at radius 3 is 2.87 bits per heavy atom. The predicted octanol–water partition coefficient (Wildman–Crippen LogP) is 2.75. The molecule has 2 aliphatic rings.